The molecular weight excluding hydrogens is 586 g/mol. The number of halogens is 5. The lowest BCUT2D eigenvalue weighted by Crippen LogP contribution is -2.51. The van der Waals surface area contributed by atoms with Gasteiger partial charge in [-0.1, -0.05) is 48.4 Å². The van der Waals surface area contributed by atoms with E-state index in [1.54, 1.807) is 13.8 Å². The van der Waals surface area contributed by atoms with Crippen LogP contribution in [0, 0.1) is 12.7 Å². The van der Waals surface area contributed by atoms with Gasteiger partial charge in [-0.2, -0.15) is 13.2 Å². The molecular formula is C28H28ClF4N3O4S. The Bertz CT molecular complexity index is 1500. The van der Waals surface area contributed by atoms with Gasteiger partial charge in [0.15, 0.2) is 0 Å². The normalized spacial score (nSPS) is 12.5. The Kier molecular flexibility index (Phi) is 10.0. The molecule has 13 heteroatoms. The molecule has 3 rings (SSSR count). The van der Waals surface area contributed by atoms with Crippen LogP contribution >= 0.6 is 11.6 Å². The lowest BCUT2D eigenvalue weighted by atomic mass is 10.1. The topological polar surface area (TPSA) is 86.8 Å². The summed E-state index contributed by atoms with van der Waals surface area (Å²) in [7, 11) is -3.22. The molecule has 2 amide bonds. The van der Waals surface area contributed by atoms with Gasteiger partial charge in [-0.15, -0.1) is 0 Å². The molecule has 0 fully saturated rings. The zero-order valence-corrected chi connectivity index (χ0v) is 23.9. The van der Waals surface area contributed by atoms with Crippen LogP contribution in [-0.2, 0) is 32.3 Å². The van der Waals surface area contributed by atoms with E-state index in [-0.39, 0.29) is 17.9 Å². The van der Waals surface area contributed by atoms with Gasteiger partial charge >= 0.3 is 6.18 Å². The summed E-state index contributed by atoms with van der Waals surface area (Å²) >= 11 is 5.77. The Hall–Kier alpha value is -3.64. The summed E-state index contributed by atoms with van der Waals surface area (Å²) in [6.45, 7) is 2.23. The lowest BCUT2D eigenvalue weighted by molar-refractivity contribution is -0.140. The van der Waals surface area contributed by atoms with Crippen LogP contribution in [0.15, 0.2) is 71.6 Å². The summed E-state index contributed by atoms with van der Waals surface area (Å²) in [5.41, 5.74) is -0.557. The minimum Gasteiger partial charge on any atom is -0.357 e. The van der Waals surface area contributed by atoms with Gasteiger partial charge in [-0.3, -0.25) is 13.9 Å². The Morgan fingerprint density at radius 2 is 1.61 bits per heavy atom. The number of anilines is 1. The van der Waals surface area contributed by atoms with Crippen molar-refractivity contribution in [2.75, 3.05) is 17.9 Å². The second kappa shape index (κ2) is 12.9. The summed E-state index contributed by atoms with van der Waals surface area (Å²) in [5.74, 6) is -1.94. The number of likely N-dealkylation sites (N-methyl/N-ethyl adjacent to an activating group) is 1. The number of carbonyl (C=O) groups is 2. The maximum atomic E-state index is 13.8. The fourth-order valence-electron chi connectivity index (χ4n) is 4.12. The molecule has 0 saturated carbocycles. The molecule has 0 heterocycles. The van der Waals surface area contributed by atoms with Gasteiger partial charge in [0.1, 0.15) is 18.4 Å². The largest absolute Gasteiger partial charge is 0.417 e. The van der Waals surface area contributed by atoms with Crippen molar-refractivity contribution in [1.82, 2.24) is 10.2 Å². The van der Waals surface area contributed by atoms with E-state index in [2.05, 4.69) is 5.32 Å². The van der Waals surface area contributed by atoms with E-state index in [4.69, 9.17) is 11.6 Å². The van der Waals surface area contributed by atoms with Crippen LogP contribution in [0.3, 0.4) is 0 Å². The third-order valence-electron chi connectivity index (χ3n) is 6.33. The van der Waals surface area contributed by atoms with Crippen molar-refractivity contribution >= 4 is 39.1 Å². The van der Waals surface area contributed by atoms with Crippen LogP contribution in [-0.4, -0.2) is 44.8 Å². The highest BCUT2D eigenvalue weighted by Crippen LogP contribution is 2.38. The smallest absolute Gasteiger partial charge is 0.357 e. The predicted molar refractivity (Wildman–Crippen MR) is 147 cm³/mol. The Labute approximate surface area is 240 Å². The summed E-state index contributed by atoms with van der Waals surface area (Å²) < 4.78 is 82.7. The van der Waals surface area contributed by atoms with Crippen LogP contribution in [0.25, 0.3) is 0 Å². The van der Waals surface area contributed by atoms with Crippen LogP contribution in [0.5, 0.6) is 0 Å². The third kappa shape index (κ3) is 7.56. The first-order valence-electron chi connectivity index (χ1n) is 12.4. The average molecular weight is 614 g/mol. The van der Waals surface area contributed by atoms with Crippen LogP contribution in [0.1, 0.15) is 30.0 Å². The van der Waals surface area contributed by atoms with Crippen molar-refractivity contribution in [3.8, 4) is 0 Å². The quantitative estimate of drug-likeness (QED) is 0.304. The molecule has 0 radical (unpaired) electrons. The molecule has 1 atom stereocenters. The number of hydrogen-bond acceptors (Lipinski definition) is 4. The minimum absolute atomic E-state index is 0.135. The van der Waals surface area contributed by atoms with Crippen molar-refractivity contribution in [2.24, 2.45) is 0 Å². The van der Waals surface area contributed by atoms with E-state index in [1.165, 1.54) is 55.6 Å². The van der Waals surface area contributed by atoms with Crippen molar-refractivity contribution in [2.45, 2.75) is 43.9 Å². The summed E-state index contributed by atoms with van der Waals surface area (Å²) in [4.78, 5) is 27.4. The van der Waals surface area contributed by atoms with Crippen LogP contribution < -0.4 is 9.62 Å². The number of nitrogens with one attached hydrogen (secondary N) is 1. The monoisotopic (exact) mass is 613 g/mol. The molecule has 1 N–H and O–H groups in total. The molecule has 1 unspecified atom stereocenters. The summed E-state index contributed by atoms with van der Waals surface area (Å²) in [6, 6.07) is 12.2. The van der Waals surface area contributed by atoms with Crippen molar-refractivity contribution in [3.05, 3.63) is 94.3 Å². The van der Waals surface area contributed by atoms with Crippen molar-refractivity contribution < 1.29 is 35.6 Å². The number of benzene rings is 3. The molecule has 7 nitrogen and oxygen atoms in total. The van der Waals surface area contributed by atoms with Crippen LogP contribution in [0.2, 0.25) is 5.02 Å². The number of aryl methyl sites for hydroxylation is 1. The second-order valence-electron chi connectivity index (χ2n) is 9.17. The van der Waals surface area contributed by atoms with Gasteiger partial charge < -0.3 is 10.2 Å². The first kappa shape index (κ1) is 31.9. The maximum Gasteiger partial charge on any atom is 0.417 e. The number of nitrogens with zero attached hydrogens (tertiary/aromatic N) is 2. The number of alkyl halides is 3. The third-order valence-corrected chi connectivity index (χ3v) is 8.45. The zero-order valence-electron chi connectivity index (χ0n) is 22.4. The Morgan fingerprint density at radius 1 is 1.00 bits per heavy atom. The fraction of sp³-hybridized carbons (Fsp3) is 0.286. The fourth-order valence-corrected chi connectivity index (χ4v) is 5.76. The first-order chi connectivity index (χ1) is 19.2. The predicted octanol–water partition coefficient (Wildman–Crippen LogP) is 5.56. The van der Waals surface area contributed by atoms with Crippen LogP contribution in [0.4, 0.5) is 23.2 Å². The maximum absolute atomic E-state index is 13.8. The van der Waals surface area contributed by atoms with E-state index in [9.17, 15) is 35.6 Å². The summed E-state index contributed by atoms with van der Waals surface area (Å²) in [6.07, 6.45) is -4.77. The molecule has 3 aromatic carbocycles. The molecule has 0 aliphatic rings. The molecule has 0 aromatic heterocycles. The Balaban J connectivity index is 2.14. The number of hydrogen-bond donors (Lipinski definition) is 1. The van der Waals surface area contributed by atoms with Crippen molar-refractivity contribution in [1.29, 1.82) is 0 Å². The highest BCUT2D eigenvalue weighted by Gasteiger charge is 2.37. The number of sulfonamides is 1. The number of amides is 2. The molecule has 0 aliphatic heterocycles. The number of rotatable bonds is 10. The van der Waals surface area contributed by atoms with Gasteiger partial charge in [0.25, 0.3) is 10.0 Å². The van der Waals surface area contributed by atoms with E-state index in [0.29, 0.717) is 15.9 Å². The van der Waals surface area contributed by atoms with E-state index >= 15 is 0 Å². The first-order valence-corrected chi connectivity index (χ1v) is 14.2. The van der Waals surface area contributed by atoms with E-state index in [1.807, 2.05) is 0 Å². The van der Waals surface area contributed by atoms with Gasteiger partial charge in [0.05, 0.1) is 21.2 Å². The molecule has 41 heavy (non-hydrogen) atoms. The lowest BCUT2D eigenvalue weighted by Gasteiger charge is -2.33. The highest BCUT2D eigenvalue weighted by atomic mass is 35.5. The minimum atomic E-state index is -4.91. The second-order valence-corrected chi connectivity index (χ2v) is 11.4. The Morgan fingerprint density at radius 3 is 2.15 bits per heavy atom. The zero-order chi connectivity index (χ0) is 30.5. The van der Waals surface area contributed by atoms with Gasteiger partial charge in [0, 0.05) is 13.6 Å². The van der Waals surface area contributed by atoms with E-state index in [0.717, 1.165) is 22.6 Å². The summed E-state index contributed by atoms with van der Waals surface area (Å²) in [5, 5.41) is 1.81. The molecule has 0 spiro atoms. The molecule has 0 bridgehead atoms. The molecule has 0 saturated heterocycles. The van der Waals surface area contributed by atoms with E-state index < -0.39 is 62.7 Å². The molecule has 220 valence electrons. The SMILES string of the molecule is CCC(C(=O)NC)N(Cc1ccc(F)cc1)C(=O)CN(c1ccc(Cl)c(C(F)(F)F)c1)S(=O)(=O)c1ccc(C)cc1. The van der Waals surface area contributed by atoms with Gasteiger partial charge in [0.2, 0.25) is 11.8 Å². The van der Waals surface area contributed by atoms with Gasteiger partial charge in [-0.05, 0) is 61.4 Å². The molecule has 3 aromatic rings. The standard InChI is InChI=1S/C28H28ClF4N3O4S/c1-4-25(27(38)34-3)35(16-19-7-9-20(30)10-8-19)26(37)17-36(41(39,40)22-12-5-18(2)6-13-22)21-11-14-24(29)23(15-21)28(31,32)33/h5-15,25H,4,16-17H2,1-3H3,(H,34,38). The van der Waals surface area contributed by atoms with Crippen molar-refractivity contribution in [3.63, 3.8) is 0 Å². The van der Waals surface area contributed by atoms with Gasteiger partial charge in [-0.25, -0.2) is 12.8 Å². The molecule has 0 aliphatic carbocycles. The highest BCUT2D eigenvalue weighted by molar-refractivity contribution is 7.92. The average Bonchev–Trinajstić information content (AvgIpc) is 2.92. The number of carbonyl (C=O) groups excluding carboxylic acids is 2.